The summed E-state index contributed by atoms with van der Waals surface area (Å²) in [7, 11) is 0. The molecule has 0 aliphatic rings. The van der Waals surface area contributed by atoms with Crippen LogP contribution in [0.3, 0.4) is 0 Å². The number of hydrogen-bond donors (Lipinski definition) is 1. The molecule has 0 spiro atoms. The fourth-order valence-corrected chi connectivity index (χ4v) is 2.07. The summed E-state index contributed by atoms with van der Waals surface area (Å²) in [5.41, 5.74) is 0.904. The minimum Gasteiger partial charge on any atom is -0.321 e. The van der Waals surface area contributed by atoms with Crippen LogP contribution in [0.1, 0.15) is 5.56 Å². The third-order valence-electron chi connectivity index (χ3n) is 2.72. The largest absolute Gasteiger partial charge is 0.321 e. The van der Waals surface area contributed by atoms with E-state index in [2.05, 4.69) is 21.2 Å². The molecular formula is C15H10BrClN2O3. The molecule has 0 saturated heterocycles. The number of nitrogens with zero attached hydrogens (tertiary/aromatic N) is 1. The Hall–Kier alpha value is -2.18. The van der Waals surface area contributed by atoms with Gasteiger partial charge in [-0.2, -0.15) is 0 Å². The number of halogens is 2. The standard InChI is InChI=1S/C15H10BrClN2O3/c16-11-4-1-10(2-5-11)3-8-15(20)18-14-9-12(19(21)22)6-7-13(14)17/h1-9H,(H,18,20)/b8-3+. The lowest BCUT2D eigenvalue weighted by atomic mass is 10.2. The first-order valence-corrected chi connectivity index (χ1v) is 7.31. The van der Waals surface area contributed by atoms with Gasteiger partial charge < -0.3 is 5.32 Å². The summed E-state index contributed by atoms with van der Waals surface area (Å²) < 4.78 is 0.942. The van der Waals surface area contributed by atoms with Crippen LogP contribution in [-0.2, 0) is 4.79 Å². The van der Waals surface area contributed by atoms with Gasteiger partial charge in [0.15, 0.2) is 0 Å². The Kier molecular flexibility index (Phi) is 5.30. The fraction of sp³-hybridized carbons (Fsp3) is 0. The zero-order chi connectivity index (χ0) is 16.1. The lowest BCUT2D eigenvalue weighted by Gasteiger charge is -2.04. The van der Waals surface area contributed by atoms with E-state index in [4.69, 9.17) is 11.6 Å². The molecule has 0 unspecified atom stereocenters. The van der Waals surface area contributed by atoms with Crippen molar-refractivity contribution < 1.29 is 9.72 Å². The van der Waals surface area contributed by atoms with Gasteiger partial charge in [0, 0.05) is 22.7 Å². The Morgan fingerprint density at radius 2 is 1.91 bits per heavy atom. The highest BCUT2D eigenvalue weighted by molar-refractivity contribution is 9.10. The minimum absolute atomic E-state index is 0.142. The number of hydrogen-bond acceptors (Lipinski definition) is 3. The SMILES string of the molecule is O=C(/C=C/c1ccc(Br)cc1)Nc1cc([N+](=O)[O-])ccc1Cl. The number of non-ortho nitro benzene ring substituents is 1. The number of carbonyl (C=O) groups is 1. The third-order valence-corrected chi connectivity index (χ3v) is 3.57. The topological polar surface area (TPSA) is 72.2 Å². The minimum atomic E-state index is -0.552. The van der Waals surface area contributed by atoms with Crippen molar-refractivity contribution in [3.8, 4) is 0 Å². The Labute approximate surface area is 139 Å². The maximum absolute atomic E-state index is 11.9. The molecule has 22 heavy (non-hydrogen) atoms. The lowest BCUT2D eigenvalue weighted by Crippen LogP contribution is -2.08. The van der Waals surface area contributed by atoms with Crippen LogP contribution in [0.4, 0.5) is 11.4 Å². The highest BCUT2D eigenvalue weighted by atomic mass is 79.9. The van der Waals surface area contributed by atoms with Crippen LogP contribution in [0.15, 0.2) is 53.0 Å². The number of carbonyl (C=O) groups excluding carboxylic acids is 1. The quantitative estimate of drug-likeness (QED) is 0.475. The van der Waals surface area contributed by atoms with Crippen molar-refractivity contribution in [2.75, 3.05) is 5.32 Å². The van der Waals surface area contributed by atoms with E-state index in [1.807, 2.05) is 24.3 Å². The molecule has 0 aliphatic carbocycles. The number of nitro groups is 1. The molecule has 1 amide bonds. The normalized spacial score (nSPS) is 10.6. The van der Waals surface area contributed by atoms with Crippen molar-refractivity contribution in [2.45, 2.75) is 0 Å². The van der Waals surface area contributed by atoms with E-state index in [9.17, 15) is 14.9 Å². The van der Waals surface area contributed by atoms with Crippen molar-refractivity contribution in [1.82, 2.24) is 0 Å². The highest BCUT2D eigenvalue weighted by Crippen LogP contribution is 2.26. The Bertz CT molecular complexity index is 745. The first-order chi connectivity index (χ1) is 10.5. The molecular weight excluding hydrogens is 372 g/mol. The molecule has 7 heteroatoms. The summed E-state index contributed by atoms with van der Waals surface area (Å²) in [4.78, 5) is 22.0. The number of amides is 1. The van der Waals surface area contributed by atoms with Gasteiger partial charge in [-0.1, -0.05) is 39.7 Å². The van der Waals surface area contributed by atoms with Crippen LogP contribution < -0.4 is 5.32 Å². The molecule has 0 aromatic heterocycles. The van der Waals surface area contributed by atoms with Gasteiger partial charge in [0.1, 0.15) is 0 Å². The predicted molar refractivity (Wildman–Crippen MR) is 89.9 cm³/mol. The van der Waals surface area contributed by atoms with E-state index in [0.29, 0.717) is 0 Å². The smallest absolute Gasteiger partial charge is 0.271 e. The molecule has 0 fully saturated rings. The van der Waals surface area contributed by atoms with E-state index >= 15 is 0 Å². The fourth-order valence-electron chi connectivity index (χ4n) is 1.64. The zero-order valence-corrected chi connectivity index (χ0v) is 13.5. The van der Waals surface area contributed by atoms with Crippen LogP contribution in [0.25, 0.3) is 6.08 Å². The highest BCUT2D eigenvalue weighted by Gasteiger charge is 2.10. The van der Waals surface area contributed by atoms with Gasteiger partial charge in [-0.15, -0.1) is 0 Å². The second kappa shape index (κ2) is 7.20. The van der Waals surface area contributed by atoms with Crippen molar-refractivity contribution in [3.63, 3.8) is 0 Å². The molecule has 0 bridgehead atoms. The van der Waals surface area contributed by atoms with Gasteiger partial charge in [-0.25, -0.2) is 0 Å². The summed E-state index contributed by atoms with van der Waals surface area (Å²) in [5, 5.41) is 13.5. The first kappa shape index (κ1) is 16.2. The predicted octanol–water partition coefficient (Wildman–Crippen LogP) is 4.66. The average Bonchev–Trinajstić information content (AvgIpc) is 2.48. The number of anilines is 1. The van der Waals surface area contributed by atoms with Gasteiger partial charge in [0.2, 0.25) is 5.91 Å². The summed E-state index contributed by atoms with van der Waals surface area (Å²) in [6.45, 7) is 0. The molecule has 112 valence electrons. The van der Waals surface area contributed by atoms with Crippen LogP contribution in [0.5, 0.6) is 0 Å². The number of nitro benzene ring substituents is 1. The molecule has 0 aliphatic heterocycles. The molecule has 0 atom stereocenters. The van der Waals surface area contributed by atoms with Crippen LogP contribution in [0, 0.1) is 10.1 Å². The molecule has 2 rings (SSSR count). The zero-order valence-electron chi connectivity index (χ0n) is 11.1. The maximum Gasteiger partial charge on any atom is 0.271 e. The average molecular weight is 382 g/mol. The Balaban J connectivity index is 2.10. The van der Waals surface area contributed by atoms with E-state index in [1.54, 1.807) is 6.08 Å². The molecule has 0 saturated carbocycles. The first-order valence-electron chi connectivity index (χ1n) is 6.14. The summed E-state index contributed by atoms with van der Waals surface area (Å²) in [6.07, 6.45) is 2.96. The van der Waals surface area contributed by atoms with Gasteiger partial charge in [-0.3, -0.25) is 14.9 Å². The molecule has 0 radical (unpaired) electrons. The number of rotatable bonds is 4. The second-order valence-electron chi connectivity index (χ2n) is 4.30. The van der Waals surface area contributed by atoms with Crippen molar-refractivity contribution >= 4 is 50.9 Å². The summed E-state index contributed by atoms with van der Waals surface area (Å²) >= 11 is 9.24. The molecule has 0 heterocycles. The van der Waals surface area contributed by atoms with Crippen LogP contribution in [-0.4, -0.2) is 10.8 Å². The molecule has 2 aromatic rings. The van der Waals surface area contributed by atoms with Gasteiger partial charge in [0.05, 0.1) is 15.6 Å². The Morgan fingerprint density at radius 1 is 1.23 bits per heavy atom. The number of benzene rings is 2. The van der Waals surface area contributed by atoms with E-state index in [1.165, 1.54) is 24.3 Å². The van der Waals surface area contributed by atoms with Gasteiger partial charge >= 0.3 is 0 Å². The van der Waals surface area contributed by atoms with Gasteiger partial charge in [-0.05, 0) is 29.8 Å². The maximum atomic E-state index is 11.9. The molecule has 2 aromatic carbocycles. The van der Waals surface area contributed by atoms with Crippen molar-refractivity contribution in [1.29, 1.82) is 0 Å². The van der Waals surface area contributed by atoms with Crippen molar-refractivity contribution in [2.24, 2.45) is 0 Å². The van der Waals surface area contributed by atoms with E-state index < -0.39 is 10.8 Å². The molecule has 1 N–H and O–H groups in total. The van der Waals surface area contributed by atoms with E-state index in [-0.39, 0.29) is 16.4 Å². The summed E-state index contributed by atoms with van der Waals surface area (Å²) in [6, 6.07) is 11.3. The van der Waals surface area contributed by atoms with E-state index in [0.717, 1.165) is 10.0 Å². The monoisotopic (exact) mass is 380 g/mol. The van der Waals surface area contributed by atoms with Crippen LogP contribution >= 0.6 is 27.5 Å². The second-order valence-corrected chi connectivity index (χ2v) is 5.62. The van der Waals surface area contributed by atoms with Crippen LogP contribution in [0.2, 0.25) is 5.02 Å². The lowest BCUT2D eigenvalue weighted by molar-refractivity contribution is -0.384. The summed E-state index contributed by atoms with van der Waals surface area (Å²) in [5.74, 6) is -0.426. The van der Waals surface area contributed by atoms with Crippen molar-refractivity contribution in [3.05, 3.63) is 73.7 Å². The Morgan fingerprint density at radius 3 is 2.55 bits per heavy atom. The number of nitrogens with one attached hydrogen (secondary N) is 1. The third kappa shape index (κ3) is 4.41. The van der Waals surface area contributed by atoms with Gasteiger partial charge in [0.25, 0.3) is 5.69 Å². The molecule has 5 nitrogen and oxygen atoms in total.